The minimum absolute atomic E-state index is 0.232. The molecule has 1 aromatic rings. The molecule has 5 heteroatoms. The van der Waals surface area contributed by atoms with E-state index in [1.807, 2.05) is 6.92 Å². The topological polar surface area (TPSA) is 32.3 Å². The van der Waals surface area contributed by atoms with Crippen molar-refractivity contribution in [1.82, 2.24) is 14.9 Å². The summed E-state index contributed by atoms with van der Waals surface area (Å²) in [5.74, 6) is 0.257. The van der Waals surface area contributed by atoms with E-state index < -0.39 is 0 Å². The quantitative estimate of drug-likeness (QED) is 0.849. The minimum atomic E-state index is -0.232. The Labute approximate surface area is 120 Å². The Kier molecular flexibility index (Phi) is 4.15. The van der Waals surface area contributed by atoms with Crippen LogP contribution in [0.5, 0.6) is 0 Å². The highest BCUT2D eigenvalue weighted by molar-refractivity contribution is 5.41. The van der Waals surface area contributed by atoms with Crippen LogP contribution < -0.4 is 4.90 Å². The van der Waals surface area contributed by atoms with Crippen LogP contribution in [0, 0.1) is 5.82 Å². The van der Waals surface area contributed by atoms with Gasteiger partial charge in [-0.3, -0.25) is 4.90 Å². The molecular weight excluding hydrogens is 255 g/mol. The maximum absolute atomic E-state index is 14.3. The number of aromatic nitrogens is 2. The number of hydrogen-bond acceptors (Lipinski definition) is 4. The summed E-state index contributed by atoms with van der Waals surface area (Å²) in [6.07, 6.45) is 7.50. The van der Waals surface area contributed by atoms with Crippen LogP contribution in [0.4, 0.5) is 10.2 Å². The highest BCUT2D eigenvalue weighted by Crippen LogP contribution is 2.26. The number of hydrogen-bond donors (Lipinski definition) is 0. The second-order valence-electron chi connectivity index (χ2n) is 5.77. The summed E-state index contributed by atoms with van der Waals surface area (Å²) in [6.45, 7) is 5.71. The zero-order valence-electron chi connectivity index (χ0n) is 12.2. The van der Waals surface area contributed by atoms with Crippen molar-refractivity contribution in [3.8, 4) is 0 Å². The van der Waals surface area contributed by atoms with Gasteiger partial charge in [-0.25, -0.2) is 14.4 Å². The van der Waals surface area contributed by atoms with Crippen LogP contribution in [0.25, 0.3) is 0 Å². The molecule has 0 unspecified atom stereocenters. The summed E-state index contributed by atoms with van der Waals surface area (Å²) < 4.78 is 14.3. The van der Waals surface area contributed by atoms with Crippen molar-refractivity contribution in [1.29, 1.82) is 0 Å². The molecule has 1 aliphatic heterocycles. The lowest BCUT2D eigenvalue weighted by atomic mass is 10.2. The standard InChI is InChI=1S/C15H23FN4/c1-2-13-14(16)15(18-11-17-13)20-9-7-19(8-10-20)12-5-3-4-6-12/h11-12H,2-10H2,1H3. The van der Waals surface area contributed by atoms with E-state index in [1.165, 1.54) is 32.0 Å². The summed E-state index contributed by atoms with van der Waals surface area (Å²) in [5, 5.41) is 0. The van der Waals surface area contributed by atoms with Crippen molar-refractivity contribution in [2.45, 2.75) is 45.1 Å². The summed E-state index contributed by atoms with van der Waals surface area (Å²) in [5.41, 5.74) is 0.522. The number of aryl methyl sites for hydroxylation is 1. The smallest absolute Gasteiger partial charge is 0.187 e. The lowest BCUT2D eigenvalue weighted by molar-refractivity contribution is 0.187. The molecule has 0 bridgehead atoms. The van der Waals surface area contributed by atoms with Crippen molar-refractivity contribution in [3.63, 3.8) is 0 Å². The number of halogens is 1. The number of piperazine rings is 1. The number of rotatable bonds is 3. The van der Waals surface area contributed by atoms with Gasteiger partial charge in [0.15, 0.2) is 11.6 Å². The fourth-order valence-corrected chi connectivity index (χ4v) is 3.43. The van der Waals surface area contributed by atoms with Gasteiger partial charge in [0.2, 0.25) is 0 Å². The Balaban J connectivity index is 1.65. The lowest BCUT2D eigenvalue weighted by Gasteiger charge is -2.38. The molecule has 2 heterocycles. The second-order valence-corrected chi connectivity index (χ2v) is 5.77. The Morgan fingerprint density at radius 3 is 2.50 bits per heavy atom. The van der Waals surface area contributed by atoms with Crippen LogP contribution in [-0.4, -0.2) is 47.1 Å². The van der Waals surface area contributed by atoms with E-state index in [1.54, 1.807) is 0 Å². The van der Waals surface area contributed by atoms with E-state index in [0.29, 0.717) is 17.9 Å². The highest BCUT2D eigenvalue weighted by Gasteiger charge is 2.27. The van der Waals surface area contributed by atoms with E-state index in [-0.39, 0.29) is 5.82 Å². The van der Waals surface area contributed by atoms with E-state index in [0.717, 1.165) is 32.2 Å². The van der Waals surface area contributed by atoms with Gasteiger partial charge < -0.3 is 4.90 Å². The third-order valence-corrected chi connectivity index (χ3v) is 4.63. The van der Waals surface area contributed by atoms with Crippen LogP contribution >= 0.6 is 0 Å². The Morgan fingerprint density at radius 2 is 1.85 bits per heavy atom. The van der Waals surface area contributed by atoms with Gasteiger partial charge >= 0.3 is 0 Å². The van der Waals surface area contributed by atoms with Gasteiger partial charge in [0.25, 0.3) is 0 Å². The van der Waals surface area contributed by atoms with Gasteiger partial charge in [-0.15, -0.1) is 0 Å². The predicted molar refractivity (Wildman–Crippen MR) is 77.4 cm³/mol. The first-order chi connectivity index (χ1) is 9.79. The molecule has 1 saturated carbocycles. The molecule has 4 nitrogen and oxygen atoms in total. The molecule has 110 valence electrons. The Morgan fingerprint density at radius 1 is 1.15 bits per heavy atom. The van der Waals surface area contributed by atoms with Crippen LogP contribution in [-0.2, 0) is 6.42 Å². The number of nitrogens with zero attached hydrogens (tertiary/aromatic N) is 4. The Bertz CT molecular complexity index is 451. The van der Waals surface area contributed by atoms with Crippen molar-refractivity contribution < 1.29 is 4.39 Å². The summed E-state index contributed by atoms with van der Waals surface area (Å²) in [4.78, 5) is 12.8. The summed E-state index contributed by atoms with van der Waals surface area (Å²) in [6, 6.07) is 0.763. The molecule has 1 saturated heterocycles. The summed E-state index contributed by atoms with van der Waals surface area (Å²) in [7, 11) is 0. The van der Waals surface area contributed by atoms with Gasteiger partial charge in [-0.1, -0.05) is 19.8 Å². The first kappa shape index (κ1) is 13.7. The van der Waals surface area contributed by atoms with Crippen molar-refractivity contribution in [3.05, 3.63) is 17.8 Å². The zero-order valence-corrected chi connectivity index (χ0v) is 12.2. The average Bonchev–Trinajstić information content (AvgIpc) is 3.02. The van der Waals surface area contributed by atoms with E-state index >= 15 is 0 Å². The fraction of sp³-hybridized carbons (Fsp3) is 0.733. The molecule has 0 N–H and O–H groups in total. The van der Waals surface area contributed by atoms with Crippen molar-refractivity contribution in [2.75, 3.05) is 31.1 Å². The van der Waals surface area contributed by atoms with Gasteiger partial charge in [0.05, 0.1) is 5.69 Å². The van der Waals surface area contributed by atoms with Crippen molar-refractivity contribution in [2.24, 2.45) is 0 Å². The van der Waals surface area contributed by atoms with Crippen LogP contribution in [0.3, 0.4) is 0 Å². The molecule has 0 atom stereocenters. The molecule has 0 spiro atoms. The molecular formula is C15H23FN4. The molecule has 1 aliphatic carbocycles. The molecule has 3 rings (SSSR count). The maximum Gasteiger partial charge on any atom is 0.187 e. The van der Waals surface area contributed by atoms with Gasteiger partial charge in [-0.05, 0) is 19.3 Å². The first-order valence-electron chi connectivity index (χ1n) is 7.78. The Hall–Kier alpha value is -1.23. The molecule has 2 aliphatic rings. The van der Waals surface area contributed by atoms with E-state index in [2.05, 4.69) is 19.8 Å². The highest BCUT2D eigenvalue weighted by atomic mass is 19.1. The largest absolute Gasteiger partial charge is 0.352 e. The van der Waals surface area contributed by atoms with E-state index in [4.69, 9.17) is 0 Å². The first-order valence-corrected chi connectivity index (χ1v) is 7.78. The third kappa shape index (κ3) is 2.64. The minimum Gasteiger partial charge on any atom is -0.352 e. The van der Waals surface area contributed by atoms with Crippen LogP contribution in [0.2, 0.25) is 0 Å². The lowest BCUT2D eigenvalue weighted by Crippen LogP contribution is -2.50. The fourth-order valence-electron chi connectivity index (χ4n) is 3.43. The SMILES string of the molecule is CCc1ncnc(N2CCN(C3CCCC3)CC2)c1F. The van der Waals surface area contributed by atoms with Gasteiger partial charge in [-0.2, -0.15) is 0 Å². The monoisotopic (exact) mass is 278 g/mol. The van der Waals surface area contributed by atoms with Gasteiger partial charge in [0.1, 0.15) is 6.33 Å². The van der Waals surface area contributed by atoms with Crippen molar-refractivity contribution >= 4 is 5.82 Å². The average molecular weight is 278 g/mol. The molecule has 0 radical (unpaired) electrons. The maximum atomic E-state index is 14.3. The molecule has 1 aromatic heterocycles. The zero-order chi connectivity index (χ0) is 13.9. The molecule has 0 aromatic carbocycles. The molecule has 0 amide bonds. The second kappa shape index (κ2) is 6.04. The number of anilines is 1. The van der Waals surface area contributed by atoms with Crippen LogP contribution in [0.15, 0.2) is 6.33 Å². The van der Waals surface area contributed by atoms with E-state index in [9.17, 15) is 4.39 Å². The molecule has 20 heavy (non-hydrogen) atoms. The predicted octanol–water partition coefficient (Wildman–Crippen LogP) is 2.24. The normalized spacial score (nSPS) is 21.6. The summed E-state index contributed by atoms with van der Waals surface area (Å²) >= 11 is 0. The van der Waals surface area contributed by atoms with Gasteiger partial charge in [0, 0.05) is 32.2 Å². The molecule has 2 fully saturated rings. The van der Waals surface area contributed by atoms with Crippen LogP contribution in [0.1, 0.15) is 38.3 Å². The third-order valence-electron chi connectivity index (χ3n) is 4.63.